The zero-order valence-electron chi connectivity index (χ0n) is 11.1. The second-order valence-corrected chi connectivity index (χ2v) is 5.23. The van der Waals surface area contributed by atoms with Crippen molar-refractivity contribution in [1.29, 1.82) is 0 Å². The molecule has 0 bridgehead atoms. The molecule has 0 unspecified atom stereocenters. The first-order valence-corrected chi connectivity index (χ1v) is 6.73. The van der Waals surface area contributed by atoms with E-state index in [1.54, 1.807) is 0 Å². The van der Waals surface area contributed by atoms with Crippen molar-refractivity contribution in [2.45, 2.75) is 19.8 Å². The maximum Gasteiger partial charge on any atom is 0.136 e. The van der Waals surface area contributed by atoms with Crippen LogP contribution in [0, 0.1) is 0 Å². The van der Waals surface area contributed by atoms with E-state index in [0.717, 1.165) is 31.8 Å². The number of piperazine rings is 1. The average molecular weight is 244 g/mol. The maximum atomic E-state index is 5.70. The van der Waals surface area contributed by atoms with Gasteiger partial charge >= 0.3 is 0 Å². The van der Waals surface area contributed by atoms with Crippen LogP contribution in [-0.4, -0.2) is 26.2 Å². The molecule has 1 aromatic carbocycles. The third-order valence-corrected chi connectivity index (χ3v) is 3.69. The highest BCUT2D eigenvalue weighted by molar-refractivity contribution is 5.94. The number of rotatable bonds is 2. The first-order valence-electron chi connectivity index (χ1n) is 6.73. The highest BCUT2D eigenvalue weighted by Crippen LogP contribution is 2.35. The first-order chi connectivity index (χ1) is 8.77. The minimum absolute atomic E-state index is 0.496. The predicted molar refractivity (Wildman–Crippen MR) is 75.4 cm³/mol. The monoisotopic (exact) mass is 244 g/mol. The largest absolute Gasteiger partial charge is 0.464 e. The molecule has 2 aromatic rings. The van der Waals surface area contributed by atoms with Gasteiger partial charge in [0.15, 0.2) is 0 Å². The second kappa shape index (κ2) is 4.65. The highest BCUT2D eigenvalue weighted by Gasteiger charge is 2.18. The Hall–Kier alpha value is -1.48. The van der Waals surface area contributed by atoms with Gasteiger partial charge in [-0.05, 0) is 18.1 Å². The molecule has 0 saturated carbocycles. The Kier molecular flexibility index (Phi) is 3.00. The van der Waals surface area contributed by atoms with Crippen LogP contribution in [0.25, 0.3) is 11.0 Å². The van der Waals surface area contributed by atoms with Crippen LogP contribution in [0.15, 0.2) is 28.9 Å². The Bertz CT molecular complexity index is 538. The van der Waals surface area contributed by atoms with Crippen molar-refractivity contribution in [3.8, 4) is 0 Å². The van der Waals surface area contributed by atoms with Gasteiger partial charge < -0.3 is 14.6 Å². The van der Waals surface area contributed by atoms with Crippen LogP contribution < -0.4 is 10.2 Å². The summed E-state index contributed by atoms with van der Waals surface area (Å²) >= 11 is 0. The summed E-state index contributed by atoms with van der Waals surface area (Å²) in [6, 6.07) is 6.37. The lowest BCUT2D eigenvalue weighted by molar-refractivity contribution is 0.590. The SMILES string of the molecule is CC(C)c1coc2cccc(N3CCNCC3)c12. The molecule has 1 saturated heterocycles. The number of anilines is 1. The normalized spacial score (nSPS) is 16.7. The van der Waals surface area contributed by atoms with Gasteiger partial charge in [-0.15, -0.1) is 0 Å². The van der Waals surface area contributed by atoms with Crippen LogP contribution in [-0.2, 0) is 0 Å². The Morgan fingerprint density at radius 2 is 2.00 bits per heavy atom. The molecule has 0 atom stereocenters. The molecule has 3 heteroatoms. The summed E-state index contributed by atoms with van der Waals surface area (Å²) in [5.41, 5.74) is 3.65. The van der Waals surface area contributed by atoms with Crippen molar-refractivity contribution < 1.29 is 4.42 Å². The Balaban J connectivity index is 2.12. The van der Waals surface area contributed by atoms with E-state index in [2.05, 4.69) is 42.3 Å². The topological polar surface area (TPSA) is 28.4 Å². The van der Waals surface area contributed by atoms with Gasteiger partial charge in [-0.1, -0.05) is 19.9 Å². The molecule has 96 valence electrons. The fourth-order valence-corrected chi connectivity index (χ4v) is 2.69. The van der Waals surface area contributed by atoms with Gasteiger partial charge in [-0.25, -0.2) is 0 Å². The molecular weight excluding hydrogens is 224 g/mol. The summed E-state index contributed by atoms with van der Waals surface area (Å²) in [6.45, 7) is 8.71. The molecule has 0 radical (unpaired) electrons. The van der Waals surface area contributed by atoms with Gasteiger partial charge in [-0.2, -0.15) is 0 Å². The van der Waals surface area contributed by atoms with Crippen LogP contribution >= 0.6 is 0 Å². The molecule has 0 spiro atoms. The summed E-state index contributed by atoms with van der Waals surface area (Å²) in [5, 5.41) is 4.70. The number of benzene rings is 1. The molecule has 0 aliphatic carbocycles. The van der Waals surface area contributed by atoms with E-state index in [0.29, 0.717) is 5.92 Å². The van der Waals surface area contributed by atoms with E-state index >= 15 is 0 Å². The van der Waals surface area contributed by atoms with Gasteiger partial charge in [0.05, 0.1) is 6.26 Å². The van der Waals surface area contributed by atoms with E-state index in [4.69, 9.17) is 4.42 Å². The van der Waals surface area contributed by atoms with E-state index in [9.17, 15) is 0 Å². The lowest BCUT2D eigenvalue weighted by atomic mass is 10.0. The van der Waals surface area contributed by atoms with Crippen molar-refractivity contribution >= 4 is 16.7 Å². The summed E-state index contributed by atoms with van der Waals surface area (Å²) in [5.74, 6) is 0.496. The van der Waals surface area contributed by atoms with Crippen LogP contribution in [0.1, 0.15) is 25.3 Å². The van der Waals surface area contributed by atoms with E-state index in [1.165, 1.54) is 16.6 Å². The average Bonchev–Trinajstić information content (AvgIpc) is 2.83. The van der Waals surface area contributed by atoms with Crippen molar-refractivity contribution in [2.75, 3.05) is 31.1 Å². The molecule has 1 aromatic heterocycles. The molecule has 3 rings (SSSR count). The molecule has 1 N–H and O–H groups in total. The second-order valence-electron chi connectivity index (χ2n) is 5.23. The summed E-state index contributed by atoms with van der Waals surface area (Å²) in [7, 11) is 0. The van der Waals surface area contributed by atoms with Crippen molar-refractivity contribution in [3.05, 3.63) is 30.0 Å². The summed E-state index contributed by atoms with van der Waals surface area (Å²) in [4.78, 5) is 2.46. The minimum Gasteiger partial charge on any atom is -0.464 e. The summed E-state index contributed by atoms with van der Waals surface area (Å²) in [6.07, 6.45) is 1.92. The van der Waals surface area contributed by atoms with Gasteiger partial charge in [0, 0.05) is 42.8 Å². The molecule has 0 amide bonds. The van der Waals surface area contributed by atoms with E-state index in [-0.39, 0.29) is 0 Å². The van der Waals surface area contributed by atoms with Crippen LogP contribution in [0.3, 0.4) is 0 Å². The molecule has 1 aliphatic rings. The maximum absolute atomic E-state index is 5.70. The molecular formula is C15H20N2O. The van der Waals surface area contributed by atoms with Gasteiger partial charge in [-0.3, -0.25) is 0 Å². The minimum atomic E-state index is 0.496. The zero-order valence-corrected chi connectivity index (χ0v) is 11.1. The number of fused-ring (bicyclic) bond motifs is 1. The number of nitrogens with one attached hydrogen (secondary N) is 1. The Morgan fingerprint density at radius 3 is 2.72 bits per heavy atom. The molecule has 1 aliphatic heterocycles. The standard InChI is InChI=1S/C15H20N2O/c1-11(2)12-10-18-14-5-3-4-13(15(12)14)17-8-6-16-7-9-17/h3-5,10-11,16H,6-9H2,1-2H3. The number of nitrogens with zero attached hydrogens (tertiary/aromatic N) is 1. The van der Waals surface area contributed by atoms with Gasteiger partial charge in [0.1, 0.15) is 5.58 Å². The first kappa shape index (κ1) is 11.6. The fraction of sp³-hybridized carbons (Fsp3) is 0.467. The molecule has 3 nitrogen and oxygen atoms in total. The third kappa shape index (κ3) is 1.89. The lowest BCUT2D eigenvalue weighted by Gasteiger charge is -2.30. The van der Waals surface area contributed by atoms with Crippen LogP contribution in [0.4, 0.5) is 5.69 Å². The lowest BCUT2D eigenvalue weighted by Crippen LogP contribution is -2.43. The quantitative estimate of drug-likeness (QED) is 0.880. The van der Waals surface area contributed by atoms with Crippen molar-refractivity contribution in [1.82, 2.24) is 5.32 Å². The van der Waals surface area contributed by atoms with Crippen molar-refractivity contribution in [2.24, 2.45) is 0 Å². The number of hydrogen-bond donors (Lipinski definition) is 1. The van der Waals surface area contributed by atoms with Crippen molar-refractivity contribution in [3.63, 3.8) is 0 Å². The third-order valence-electron chi connectivity index (χ3n) is 3.69. The van der Waals surface area contributed by atoms with Gasteiger partial charge in [0.2, 0.25) is 0 Å². The highest BCUT2D eigenvalue weighted by atomic mass is 16.3. The number of hydrogen-bond acceptors (Lipinski definition) is 3. The van der Waals surface area contributed by atoms with Gasteiger partial charge in [0.25, 0.3) is 0 Å². The molecule has 1 fully saturated rings. The van der Waals surface area contributed by atoms with E-state index < -0.39 is 0 Å². The predicted octanol–water partition coefficient (Wildman–Crippen LogP) is 2.97. The van der Waals surface area contributed by atoms with Crippen LogP contribution in [0.5, 0.6) is 0 Å². The van der Waals surface area contributed by atoms with E-state index in [1.807, 2.05) is 6.26 Å². The Morgan fingerprint density at radius 1 is 1.22 bits per heavy atom. The molecule has 2 heterocycles. The fourth-order valence-electron chi connectivity index (χ4n) is 2.69. The van der Waals surface area contributed by atoms with Crippen LogP contribution in [0.2, 0.25) is 0 Å². The molecule has 18 heavy (non-hydrogen) atoms. The zero-order chi connectivity index (χ0) is 12.5. The Labute approximate surface area is 108 Å². The summed E-state index contributed by atoms with van der Waals surface area (Å²) < 4.78 is 5.70. The number of furan rings is 1. The smallest absolute Gasteiger partial charge is 0.136 e.